The predicted octanol–water partition coefficient (Wildman–Crippen LogP) is 5.01. The topological polar surface area (TPSA) is 118 Å². The first-order chi connectivity index (χ1) is 16.5. The van der Waals surface area contributed by atoms with Gasteiger partial charge < -0.3 is 19.6 Å². The second-order valence-corrected chi connectivity index (χ2v) is 8.17. The number of fused-ring (bicyclic) bond motifs is 3. The van der Waals surface area contributed by atoms with Gasteiger partial charge in [-0.3, -0.25) is 14.9 Å². The molecule has 1 aliphatic carbocycles. The number of ether oxygens (including phenoxy) is 1. The van der Waals surface area contributed by atoms with Gasteiger partial charge in [-0.2, -0.15) is 0 Å². The van der Waals surface area contributed by atoms with Crippen LogP contribution in [-0.4, -0.2) is 35.7 Å². The van der Waals surface area contributed by atoms with E-state index in [1.807, 2.05) is 43.3 Å². The van der Waals surface area contributed by atoms with Crippen LogP contribution in [0.2, 0.25) is 0 Å². The average molecular weight is 463 g/mol. The summed E-state index contributed by atoms with van der Waals surface area (Å²) < 4.78 is 10.8. The minimum Gasteiger partial charge on any atom is -0.481 e. The monoisotopic (exact) mass is 462 g/mol. The van der Waals surface area contributed by atoms with E-state index in [-0.39, 0.29) is 30.4 Å². The molecule has 1 aromatic heterocycles. The Morgan fingerprint density at radius 3 is 2.29 bits per heavy atom. The van der Waals surface area contributed by atoms with E-state index in [2.05, 4.69) is 22.8 Å². The highest BCUT2D eigenvalue weighted by atomic mass is 16.5. The van der Waals surface area contributed by atoms with Crippen molar-refractivity contribution in [2.45, 2.75) is 38.1 Å². The van der Waals surface area contributed by atoms with Gasteiger partial charge in [0.05, 0.1) is 18.4 Å². The molecule has 1 heterocycles. The van der Waals surface area contributed by atoms with E-state index >= 15 is 0 Å². The number of benzene rings is 2. The van der Waals surface area contributed by atoms with Crippen molar-refractivity contribution in [3.8, 4) is 11.1 Å². The van der Waals surface area contributed by atoms with Crippen LogP contribution in [0.25, 0.3) is 11.1 Å². The van der Waals surface area contributed by atoms with E-state index in [1.54, 1.807) is 0 Å². The second-order valence-electron chi connectivity index (χ2n) is 8.17. The molecule has 34 heavy (non-hydrogen) atoms. The molecule has 3 N–H and O–H groups in total. The van der Waals surface area contributed by atoms with Crippen LogP contribution in [0.4, 0.5) is 10.5 Å². The van der Waals surface area contributed by atoms with Crippen molar-refractivity contribution in [3.05, 3.63) is 77.7 Å². The fourth-order valence-electron chi connectivity index (χ4n) is 4.36. The van der Waals surface area contributed by atoms with Crippen molar-refractivity contribution in [2.24, 2.45) is 0 Å². The van der Waals surface area contributed by atoms with E-state index in [9.17, 15) is 14.4 Å². The highest BCUT2D eigenvalue weighted by Gasteiger charge is 2.29. The molecule has 0 bridgehead atoms. The number of carboxylic acid groups (broad SMARTS) is 1. The number of carboxylic acids is 1. The molecule has 3 aromatic rings. The summed E-state index contributed by atoms with van der Waals surface area (Å²) >= 11 is 0. The van der Waals surface area contributed by atoms with E-state index in [1.165, 1.54) is 12.3 Å². The lowest BCUT2D eigenvalue weighted by molar-refractivity contribution is -0.137. The number of anilines is 1. The Morgan fingerprint density at radius 2 is 1.68 bits per heavy atom. The number of nitrogens with one attached hydrogen (secondary N) is 2. The molecule has 0 spiro atoms. The number of carbonyl (C=O) groups excluding carboxylic acids is 2. The second kappa shape index (κ2) is 10.2. The molecule has 0 unspecified atom stereocenters. The summed E-state index contributed by atoms with van der Waals surface area (Å²) in [6, 6.07) is 17.0. The van der Waals surface area contributed by atoms with Crippen molar-refractivity contribution in [2.75, 3.05) is 11.9 Å². The summed E-state index contributed by atoms with van der Waals surface area (Å²) in [5.74, 6) is -1.80. The molecule has 0 saturated heterocycles. The fourth-order valence-corrected chi connectivity index (χ4v) is 4.36. The maximum absolute atomic E-state index is 12.6. The Hall–Kier alpha value is -4.07. The molecule has 4 rings (SSSR count). The summed E-state index contributed by atoms with van der Waals surface area (Å²) in [5.41, 5.74) is 4.61. The Bertz CT molecular complexity index is 1160. The molecule has 1 aliphatic rings. The van der Waals surface area contributed by atoms with Crippen molar-refractivity contribution >= 4 is 23.7 Å². The number of hydrogen-bond donors (Lipinski definition) is 3. The average Bonchev–Trinajstić information content (AvgIpc) is 3.40. The normalized spacial score (nSPS) is 13.0. The molecule has 8 heteroatoms. The molecule has 2 aromatic carbocycles. The zero-order chi connectivity index (χ0) is 24.1. The van der Waals surface area contributed by atoms with Gasteiger partial charge >= 0.3 is 12.1 Å². The van der Waals surface area contributed by atoms with Crippen LogP contribution in [0.15, 0.2) is 65.3 Å². The number of rotatable bonds is 9. The minimum atomic E-state index is -1.00. The first-order valence-electron chi connectivity index (χ1n) is 11.2. The number of amides is 2. The third-order valence-corrected chi connectivity index (χ3v) is 5.85. The van der Waals surface area contributed by atoms with Crippen LogP contribution >= 0.6 is 0 Å². The molecule has 0 saturated carbocycles. The van der Waals surface area contributed by atoms with Crippen molar-refractivity contribution in [1.82, 2.24) is 5.32 Å². The number of hydrogen-bond acceptors (Lipinski definition) is 5. The SMILES string of the molecule is CCC[C@@H](CC(=O)O)NC(=O)c1occc1NC(=O)OCC1c2ccccc2-c2ccccc21. The maximum Gasteiger partial charge on any atom is 0.411 e. The molecule has 2 amide bonds. The maximum atomic E-state index is 12.6. The van der Waals surface area contributed by atoms with E-state index in [4.69, 9.17) is 14.3 Å². The standard InChI is InChI=1S/C26H26N2O6/c1-2-7-16(14-23(29)30)27-25(31)24-22(12-13-33-24)28-26(32)34-15-21-19-10-5-3-8-17(19)18-9-4-6-11-20(18)21/h3-6,8-13,16,21H,2,7,14-15H2,1H3,(H,27,31)(H,28,32)(H,29,30)/t16-/m0/s1. The Morgan fingerprint density at radius 1 is 1.03 bits per heavy atom. The van der Waals surface area contributed by atoms with Gasteiger partial charge in [-0.15, -0.1) is 0 Å². The summed E-state index contributed by atoms with van der Waals surface area (Å²) in [5, 5.41) is 14.3. The van der Waals surface area contributed by atoms with E-state index in [0.717, 1.165) is 22.3 Å². The van der Waals surface area contributed by atoms with E-state index in [0.29, 0.717) is 12.8 Å². The number of carbonyl (C=O) groups is 3. The predicted molar refractivity (Wildman–Crippen MR) is 126 cm³/mol. The summed E-state index contributed by atoms with van der Waals surface area (Å²) in [6.45, 7) is 2.04. The van der Waals surface area contributed by atoms with Gasteiger partial charge in [-0.1, -0.05) is 61.9 Å². The van der Waals surface area contributed by atoms with Crippen molar-refractivity contribution in [3.63, 3.8) is 0 Å². The van der Waals surface area contributed by atoms with Gasteiger partial charge in [0.1, 0.15) is 6.61 Å². The zero-order valence-electron chi connectivity index (χ0n) is 18.7. The molecule has 1 atom stereocenters. The van der Waals surface area contributed by atoms with Crippen molar-refractivity contribution in [1.29, 1.82) is 0 Å². The molecule has 0 aliphatic heterocycles. The first kappa shape index (κ1) is 23.1. The van der Waals surface area contributed by atoms with Crippen LogP contribution in [-0.2, 0) is 9.53 Å². The zero-order valence-corrected chi connectivity index (χ0v) is 18.7. The van der Waals surface area contributed by atoms with Gasteiger partial charge in [-0.25, -0.2) is 4.79 Å². The quantitative estimate of drug-likeness (QED) is 0.411. The molecule has 176 valence electrons. The highest BCUT2D eigenvalue weighted by Crippen LogP contribution is 2.44. The largest absolute Gasteiger partial charge is 0.481 e. The minimum absolute atomic E-state index is 0.0870. The highest BCUT2D eigenvalue weighted by molar-refractivity contribution is 6.00. The Labute approximate surface area is 196 Å². The fraction of sp³-hybridized carbons (Fsp3) is 0.269. The summed E-state index contributed by atoms with van der Waals surface area (Å²) in [6.07, 6.45) is 1.58. The van der Waals surface area contributed by atoms with Gasteiger partial charge in [0, 0.05) is 18.0 Å². The van der Waals surface area contributed by atoms with Gasteiger partial charge in [0.2, 0.25) is 5.76 Å². The lowest BCUT2D eigenvalue weighted by atomic mass is 9.98. The van der Waals surface area contributed by atoms with Crippen LogP contribution in [0.3, 0.4) is 0 Å². The number of furan rings is 1. The van der Waals surface area contributed by atoms with Gasteiger partial charge in [-0.05, 0) is 28.7 Å². The van der Waals surface area contributed by atoms with Crippen LogP contribution in [0, 0.1) is 0 Å². The smallest absolute Gasteiger partial charge is 0.411 e. The van der Waals surface area contributed by atoms with Gasteiger partial charge in [0.25, 0.3) is 5.91 Å². The summed E-state index contributed by atoms with van der Waals surface area (Å²) in [4.78, 5) is 36.2. The molecule has 0 fully saturated rings. The van der Waals surface area contributed by atoms with Crippen molar-refractivity contribution < 1.29 is 28.6 Å². The van der Waals surface area contributed by atoms with Crippen LogP contribution < -0.4 is 10.6 Å². The lowest BCUT2D eigenvalue weighted by Gasteiger charge is -2.16. The Kier molecular flexibility index (Phi) is 6.96. The van der Waals surface area contributed by atoms with E-state index < -0.39 is 24.0 Å². The number of aliphatic carboxylic acids is 1. The lowest BCUT2D eigenvalue weighted by Crippen LogP contribution is -2.36. The first-order valence-corrected chi connectivity index (χ1v) is 11.2. The molecular weight excluding hydrogens is 436 g/mol. The third-order valence-electron chi connectivity index (χ3n) is 5.85. The molecule has 0 radical (unpaired) electrons. The summed E-state index contributed by atoms with van der Waals surface area (Å²) in [7, 11) is 0. The molecule has 8 nitrogen and oxygen atoms in total. The van der Waals surface area contributed by atoms with Crippen LogP contribution in [0.1, 0.15) is 53.8 Å². The van der Waals surface area contributed by atoms with Gasteiger partial charge in [0.15, 0.2) is 0 Å². The Balaban J connectivity index is 1.40. The molecular formula is C26H26N2O6. The third kappa shape index (κ3) is 4.96. The van der Waals surface area contributed by atoms with Crippen LogP contribution in [0.5, 0.6) is 0 Å².